The molecule has 3 aliphatic rings. The average molecular weight is 611 g/mol. The number of ether oxygens (including phenoxy) is 1. The Bertz CT molecular complexity index is 1450. The van der Waals surface area contributed by atoms with E-state index in [0.717, 1.165) is 81.0 Å². The molecular weight excluding hydrogens is 564 g/mol. The van der Waals surface area contributed by atoms with Gasteiger partial charge in [-0.05, 0) is 70.2 Å². The van der Waals surface area contributed by atoms with E-state index in [9.17, 15) is 9.59 Å². The molecule has 3 saturated heterocycles. The van der Waals surface area contributed by atoms with Crippen LogP contribution in [-0.4, -0.2) is 101 Å². The van der Waals surface area contributed by atoms with Crippen LogP contribution < -0.4 is 4.90 Å². The van der Waals surface area contributed by atoms with Crippen LogP contribution >= 0.6 is 0 Å². The Morgan fingerprint density at radius 3 is 2.16 bits per heavy atom. The highest BCUT2D eigenvalue weighted by atomic mass is 16.5. The molecular formula is C36H46N6O3. The van der Waals surface area contributed by atoms with Crippen molar-refractivity contribution in [2.45, 2.75) is 64.6 Å². The number of carbonyl (C=O) groups is 2. The minimum atomic E-state index is 0.0530. The van der Waals surface area contributed by atoms with Crippen LogP contribution in [0.1, 0.15) is 70.3 Å². The smallest absolute Gasteiger partial charge is 0.257 e. The number of amides is 2. The molecule has 238 valence electrons. The number of morpholine rings is 1. The summed E-state index contributed by atoms with van der Waals surface area (Å²) in [7, 11) is 0. The molecule has 9 heteroatoms. The summed E-state index contributed by atoms with van der Waals surface area (Å²) >= 11 is 0. The monoisotopic (exact) mass is 610 g/mol. The lowest BCUT2D eigenvalue weighted by Crippen LogP contribution is -2.58. The molecule has 6 rings (SSSR count). The van der Waals surface area contributed by atoms with E-state index in [4.69, 9.17) is 4.74 Å². The maximum Gasteiger partial charge on any atom is 0.257 e. The number of aromatic nitrogens is 2. The van der Waals surface area contributed by atoms with E-state index >= 15 is 0 Å². The quantitative estimate of drug-likeness (QED) is 0.383. The molecule has 3 aliphatic heterocycles. The Morgan fingerprint density at radius 2 is 1.49 bits per heavy atom. The maximum atomic E-state index is 13.4. The standard InChI is InChI=1S/C36H46N6O3/c1-27-33(28(2)38-26-37-27)35(44)39-18-14-36(3,15-19-39)41-16-12-31(13-17-41)42(25-29-8-5-4-6-9-29)32-11-7-10-30(24-32)34(43)40-20-22-45-23-21-40/h4-11,24,26,31H,12-23,25H2,1-3H3. The van der Waals surface area contributed by atoms with Crippen molar-refractivity contribution in [3.63, 3.8) is 0 Å². The largest absolute Gasteiger partial charge is 0.378 e. The Kier molecular flexibility index (Phi) is 9.47. The predicted molar refractivity (Wildman–Crippen MR) is 175 cm³/mol. The van der Waals surface area contributed by atoms with E-state index in [1.54, 1.807) is 0 Å². The third-order valence-electron chi connectivity index (χ3n) is 10.2. The van der Waals surface area contributed by atoms with Gasteiger partial charge in [-0.3, -0.25) is 14.5 Å². The number of aryl methyl sites for hydroxylation is 2. The Labute approximate surface area is 267 Å². The zero-order chi connectivity index (χ0) is 31.4. The lowest BCUT2D eigenvalue weighted by molar-refractivity contribution is 0.0170. The van der Waals surface area contributed by atoms with Gasteiger partial charge in [0.1, 0.15) is 6.33 Å². The van der Waals surface area contributed by atoms with E-state index < -0.39 is 0 Å². The number of hydrogen-bond acceptors (Lipinski definition) is 7. The molecule has 0 N–H and O–H groups in total. The fourth-order valence-electron chi connectivity index (χ4n) is 7.26. The molecule has 0 radical (unpaired) electrons. The van der Waals surface area contributed by atoms with Gasteiger partial charge in [-0.25, -0.2) is 9.97 Å². The van der Waals surface area contributed by atoms with E-state index in [-0.39, 0.29) is 17.4 Å². The molecule has 0 bridgehead atoms. The summed E-state index contributed by atoms with van der Waals surface area (Å²) in [5.41, 5.74) is 5.32. The number of anilines is 1. The SMILES string of the molecule is Cc1ncnc(C)c1C(=O)N1CCC(C)(N2CCC(N(Cc3ccccc3)c3cccc(C(=O)N4CCOCC4)c3)CC2)CC1. The van der Waals surface area contributed by atoms with Gasteiger partial charge in [0.2, 0.25) is 0 Å². The normalized spacial score (nSPS) is 19.4. The molecule has 2 aromatic carbocycles. The highest BCUT2D eigenvalue weighted by Gasteiger charge is 2.40. The fourth-order valence-corrected chi connectivity index (χ4v) is 7.26. The van der Waals surface area contributed by atoms with Gasteiger partial charge in [0.15, 0.2) is 0 Å². The molecule has 0 atom stereocenters. The van der Waals surface area contributed by atoms with E-state index in [1.165, 1.54) is 11.9 Å². The minimum Gasteiger partial charge on any atom is -0.378 e. The van der Waals surface area contributed by atoms with Gasteiger partial charge in [0.05, 0.1) is 30.2 Å². The van der Waals surface area contributed by atoms with E-state index in [1.807, 2.05) is 35.8 Å². The number of hydrogen-bond donors (Lipinski definition) is 0. The first kappa shape index (κ1) is 31.2. The first-order valence-electron chi connectivity index (χ1n) is 16.4. The third-order valence-corrected chi connectivity index (χ3v) is 10.2. The first-order valence-corrected chi connectivity index (χ1v) is 16.4. The van der Waals surface area contributed by atoms with E-state index in [0.29, 0.717) is 37.9 Å². The molecule has 1 aromatic heterocycles. The van der Waals surface area contributed by atoms with Crippen molar-refractivity contribution in [1.29, 1.82) is 0 Å². The summed E-state index contributed by atoms with van der Waals surface area (Å²) in [6, 6.07) is 19.2. The van der Waals surface area contributed by atoms with Crippen LogP contribution in [0.4, 0.5) is 5.69 Å². The topological polar surface area (TPSA) is 82.1 Å². The number of benzene rings is 2. The van der Waals surface area contributed by atoms with Crippen LogP contribution in [0.25, 0.3) is 0 Å². The predicted octanol–water partition coefficient (Wildman–Crippen LogP) is 4.73. The average Bonchev–Trinajstić information content (AvgIpc) is 3.08. The molecule has 0 unspecified atom stereocenters. The van der Waals surface area contributed by atoms with Crippen molar-refractivity contribution in [1.82, 2.24) is 24.7 Å². The van der Waals surface area contributed by atoms with Crippen molar-refractivity contribution >= 4 is 17.5 Å². The van der Waals surface area contributed by atoms with Crippen molar-refractivity contribution in [2.75, 3.05) is 57.4 Å². The summed E-state index contributed by atoms with van der Waals surface area (Å²) in [5.74, 6) is 0.134. The van der Waals surface area contributed by atoms with Gasteiger partial charge >= 0.3 is 0 Å². The highest BCUT2D eigenvalue weighted by molar-refractivity contribution is 5.96. The lowest BCUT2D eigenvalue weighted by atomic mass is 9.85. The van der Waals surface area contributed by atoms with Gasteiger partial charge in [-0.1, -0.05) is 36.4 Å². The zero-order valence-electron chi connectivity index (χ0n) is 27.0. The van der Waals surface area contributed by atoms with Crippen LogP contribution in [0.3, 0.4) is 0 Å². The van der Waals surface area contributed by atoms with Gasteiger partial charge in [0, 0.05) is 68.6 Å². The lowest BCUT2D eigenvalue weighted by Gasteiger charge is -2.50. The van der Waals surface area contributed by atoms with Crippen LogP contribution in [0.15, 0.2) is 60.9 Å². The molecule has 45 heavy (non-hydrogen) atoms. The second kappa shape index (κ2) is 13.7. The summed E-state index contributed by atoms with van der Waals surface area (Å²) in [5, 5.41) is 0. The zero-order valence-corrected chi connectivity index (χ0v) is 27.0. The molecule has 0 spiro atoms. The van der Waals surface area contributed by atoms with Crippen LogP contribution in [0.5, 0.6) is 0 Å². The van der Waals surface area contributed by atoms with Crippen molar-refractivity contribution in [3.05, 3.63) is 89.0 Å². The van der Waals surface area contributed by atoms with Crippen molar-refractivity contribution in [2.24, 2.45) is 0 Å². The summed E-state index contributed by atoms with van der Waals surface area (Å²) < 4.78 is 5.47. The number of nitrogens with zero attached hydrogens (tertiary/aromatic N) is 6. The van der Waals surface area contributed by atoms with Crippen LogP contribution in [0, 0.1) is 13.8 Å². The number of carbonyl (C=O) groups excluding carboxylic acids is 2. The van der Waals surface area contributed by atoms with Gasteiger partial charge in [0.25, 0.3) is 11.8 Å². The Balaban J connectivity index is 1.13. The van der Waals surface area contributed by atoms with Crippen molar-refractivity contribution in [3.8, 4) is 0 Å². The molecule has 0 saturated carbocycles. The third kappa shape index (κ3) is 6.89. The molecule has 0 aliphatic carbocycles. The highest BCUT2D eigenvalue weighted by Crippen LogP contribution is 2.34. The number of likely N-dealkylation sites (tertiary alicyclic amines) is 2. The van der Waals surface area contributed by atoms with Gasteiger partial charge in [-0.2, -0.15) is 0 Å². The van der Waals surface area contributed by atoms with Crippen LogP contribution in [-0.2, 0) is 11.3 Å². The van der Waals surface area contributed by atoms with E-state index in [2.05, 4.69) is 69.2 Å². The number of piperidine rings is 2. The summed E-state index contributed by atoms with van der Waals surface area (Å²) in [4.78, 5) is 44.3. The van der Waals surface area contributed by atoms with Crippen LogP contribution in [0.2, 0.25) is 0 Å². The molecule has 2 amide bonds. The first-order chi connectivity index (χ1) is 21.8. The molecule has 3 fully saturated rings. The second-order valence-corrected chi connectivity index (χ2v) is 13.0. The van der Waals surface area contributed by atoms with Gasteiger partial charge in [-0.15, -0.1) is 0 Å². The Hall–Kier alpha value is -3.82. The maximum absolute atomic E-state index is 13.4. The Morgan fingerprint density at radius 1 is 0.844 bits per heavy atom. The molecule has 3 aromatic rings. The number of rotatable bonds is 7. The molecule has 4 heterocycles. The fraction of sp³-hybridized carbons (Fsp3) is 0.500. The minimum absolute atomic E-state index is 0.0530. The van der Waals surface area contributed by atoms with Crippen molar-refractivity contribution < 1.29 is 14.3 Å². The summed E-state index contributed by atoms with van der Waals surface area (Å²) in [6.07, 6.45) is 5.53. The van der Waals surface area contributed by atoms with Gasteiger partial charge < -0.3 is 19.4 Å². The second-order valence-electron chi connectivity index (χ2n) is 13.0. The summed E-state index contributed by atoms with van der Waals surface area (Å²) in [6.45, 7) is 12.9. The molecule has 9 nitrogen and oxygen atoms in total.